The van der Waals surface area contributed by atoms with Gasteiger partial charge in [-0.3, -0.25) is 4.57 Å². The molecule has 0 aromatic rings. The molecule has 0 N–H and O–H groups in total. The van der Waals surface area contributed by atoms with E-state index in [2.05, 4.69) is 6.07 Å². The fourth-order valence-electron chi connectivity index (χ4n) is 3.07. The molecule has 1 fully saturated rings. The van der Waals surface area contributed by atoms with Gasteiger partial charge in [-0.05, 0) is 46.3 Å². The fraction of sp³-hybridized carbons (Fsp3) is 0.933. The predicted octanol–water partition coefficient (Wildman–Crippen LogP) is 4.90. The highest BCUT2D eigenvalue weighted by Crippen LogP contribution is 2.65. The summed E-state index contributed by atoms with van der Waals surface area (Å²) in [5, 5.41) is 8.53. The van der Waals surface area contributed by atoms with E-state index in [-0.39, 0.29) is 19.1 Å². The summed E-state index contributed by atoms with van der Waals surface area (Å²) in [4.78, 5) is 0. The van der Waals surface area contributed by atoms with Gasteiger partial charge in [-0.25, -0.2) is 0 Å². The van der Waals surface area contributed by atoms with E-state index in [1.807, 2.05) is 19.6 Å². The van der Waals surface area contributed by atoms with Crippen LogP contribution in [0.1, 0.15) is 46.0 Å². The van der Waals surface area contributed by atoms with Crippen molar-refractivity contribution in [2.75, 3.05) is 13.2 Å². The molecule has 5 nitrogen and oxygen atoms in total. The lowest BCUT2D eigenvalue weighted by Gasteiger charge is -2.43. The van der Waals surface area contributed by atoms with Crippen molar-refractivity contribution in [1.82, 2.24) is 0 Å². The minimum absolute atomic E-state index is 0.0955. The van der Waals surface area contributed by atoms with Crippen LogP contribution in [0.4, 0.5) is 0 Å². The lowest BCUT2D eigenvalue weighted by molar-refractivity contribution is 0.0601. The number of hydrogen-bond donors (Lipinski definition) is 0. The molecule has 0 saturated heterocycles. The second-order valence-electron chi connectivity index (χ2n) is 6.69. The maximum Gasteiger partial charge on any atom is 0.376 e. The highest BCUT2D eigenvalue weighted by molar-refractivity contribution is 7.55. The molecule has 1 unspecified atom stereocenters. The summed E-state index contributed by atoms with van der Waals surface area (Å²) in [6, 6.07) is 2.25. The molecule has 0 aliphatic heterocycles. The van der Waals surface area contributed by atoms with Crippen molar-refractivity contribution >= 4 is 15.9 Å². The van der Waals surface area contributed by atoms with Crippen molar-refractivity contribution in [3.8, 4) is 6.07 Å². The standard InChI is InChI=1S/C15H30NO4PSi/c1-6-18-21(17,19-7-2)15(13-16,20-22(3,4)5)14-11-9-8-10-12-14/h14H,6-12H2,1-5H3. The van der Waals surface area contributed by atoms with Crippen LogP contribution >= 0.6 is 7.60 Å². The minimum atomic E-state index is -3.67. The molecule has 0 radical (unpaired) electrons. The van der Waals surface area contributed by atoms with Crippen molar-refractivity contribution in [1.29, 1.82) is 5.26 Å². The SMILES string of the molecule is CCOP(=O)(OCC)C(C#N)(O[Si](C)(C)C)C1CCCCC1. The predicted molar refractivity (Wildman–Crippen MR) is 90.2 cm³/mol. The Morgan fingerprint density at radius 3 is 2.00 bits per heavy atom. The second-order valence-corrected chi connectivity index (χ2v) is 13.3. The molecular formula is C15H30NO4PSi. The van der Waals surface area contributed by atoms with E-state index >= 15 is 0 Å². The monoisotopic (exact) mass is 347 g/mol. The van der Waals surface area contributed by atoms with Gasteiger partial charge in [0.1, 0.15) is 6.07 Å². The van der Waals surface area contributed by atoms with Crippen LogP contribution in [0, 0.1) is 17.2 Å². The van der Waals surface area contributed by atoms with Crippen LogP contribution in [0.5, 0.6) is 0 Å². The van der Waals surface area contributed by atoms with Crippen molar-refractivity contribution in [3.05, 3.63) is 0 Å². The van der Waals surface area contributed by atoms with Crippen LogP contribution in [0.3, 0.4) is 0 Å². The van der Waals surface area contributed by atoms with Crippen LogP contribution in [-0.2, 0) is 18.0 Å². The molecule has 0 spiro atoms. The Hall–Kier alpha value is -0.183. The molecule has 1 rings (SSSR count). The van der Waals surface area contributed by atoms with Crippen LogP contribution in [-0.4, -0.2) is 26.9 Å². The van der Waals surface area contributed by atoms with Crippen molar-refractivity contribution in [2.24, 2.45) is 5.92 Å². The third kappa shape index (κ3) is 4.43. The lowest BCUT2D eigenvalue weighted by Crippen LogP contribution is -2.48. The molecular weight excluding hydrogens is 317 g/mol. The maximum absolute atomic E-state index is 13.5. The van der Waals surface area contributed by atoms with Gasteiger partial charge in [-0.1, -0.05) is 19.3 Å². The molecule has 0 heterocycles. The third-order valence-corrected chi connectivity index (χ3v) is 7.46. The van der Waals surface area contributed by atoms with Crippen molar-refractivity contribution < 1.29 is 18.0 Å². The van der Waals surface area contributed by atoms with E-state index in [9.17, 15) is 9.83 Å². The van der Waals surface area contributed by atoms with Gasteiger partial charge in [0.25, 0.3) is 0 Å². The summed E-state index contributed by atoms with van der Waals surface area (Å²) in [5.74, 6) is -0.0955. The number of nitriles is 1. The Morgan fingerprint density at radius 2 is 1.64 bits per heavy atom. The first-order chi connectivity index (χ1) is 10.2. The van der Waals surface area contributed by atoms with E-state index in [1.54, 1.807) is 13.8 Å². The van der Waals surface area contributed by atoms with Crippen LogP contribution in [0.15, 0.2) is 0 Å². The maximum atomic E-state index is 13.5. The van der Waals surface area contributed by atoms with E-state index in [4.69, 9.17) is 13.5 Å². The Balaban J connectivity index is 3.34. The molecule has 0 aromatic heterocycles. The zero-order chi connectivity index (χ0) is 16.9. The third-order valence-electron chi connectivity index (χ3n) is 3.79. The number of nitrogens with zero attached hydrogens (tertiary/aromatic N) is 1. The molecule has 1 saturated carbocycles. The van der Waals surface area contributed by atoms with Gasteiger partial charge in [0.05, 0.1) is 13.2 Å². The summed E-state index contributed by atoms with van der Waals surface area (Å²) in [6.45, 7) is 10.0. The average molecular weight is 347 g/mol. The summed E-state index contributed by atoms with van der Waals surface area (Å²) in [5.41, 5.74) is 0. The Kier molecular flexibility index (Phi) is 7.29. The fourth-order valence-corrected chi connectivity index (χ4v) is 7.45. The van der Waals surface area contributed by atoms with Crippen LogP contribution in [0.2, 0.25) is 19.6 Å². The molecule has 22 heavy (non-hydrogen) atoms. The number of hydrogen-bond acceptors (Lipinski definition) is 5. The molecule has 0 bridgehead atoms. The van der Waals surface area contributed by atoms with E-state index in [0.717, 1.165) is 32.1 Å². The van der Waals surface area contributed by atoms with Crippen LogP contribution in [0.25, 0.3) is 0 Å². The largest absolute Gasteiger partial charge is 0.391 e. The summed E-state index contributed by atoms with van der Waals surface area (Å²) in [7, 11) is -5.79. The van der Waals surface area contributed by atoms with E-state index < -0.39 is 21.3 Å². The Labute approximate surface area is 136 Å². The zero-order valence-electron chi connectivity index (χ0n) is 14.6. The second kappa shape index (κ2) is 8.08. The zero-order valence-corrected chi connectivity index (χ0v) is 16.4. The topological polar surface area (TPSA) is 68.5 Å². The molecule has 128 valence electrons. The molecule has 1 atom stereocenters. The average Bonchev–Trinajstić information content (AvgIpc) is 2.45. The van der Waals surface area contributed by atoms with Gasteiger partial charge in [-0.15, -0.1) is 0 Å². The van der Waals surface area contributed by atoms with Gasteiger partial charge in [0.15, 0.2) is 8.32 Å². The Bertz CT molecular complexity index is 430. The van der Waals surface area contributed by atoms with E-state index in [1.165, 1.54) is 0 Å². The first kappa shape index (κ1) is 19.9. The van der Waals surface area contributed by atoms with Gasteiger partial charge in [-0.2, -0.15) is 5.26 Å². The quantitative estimate of drug-likeness (QED) is 0.461. The summed E-state index contributed by atoms with van der Waals surface area (Å²) in [6.07, 6.45) is 4.88. The first-order valence-electron chi connectivity index (χ1n) is 8.25. The van der Waals surface area contributed by atoms with Gasteiger partial charge in [0, 0.05) is 5.92 Å². The molecule has 0 aromatic carbocycles. The number of rotatable bonds is 8. The molecule has 1 aliphatic rings. The highest BCUT2D eigenvalue weighted by Gasteiger charge is 2.59. The molecule has 7 heteroatoms. The lowest BCUT2D eigenvalue weighted by atomic mass is 9.85. The van der Waals surface area contributed by atoms with Crippen molar-refractivity contribution in [3.63, 3.8) is 0 Å². The normalized spacial score (nSPS) is 20.4. The van der Waals surface area contributed by atoms with Crippen molar-refractivity contribution in [2.45, 2.75) is 70.9 Å². The smallest absolute Gasteiger partial charge is 0.376 e. The van der Waals surface area contributed by atoms with Gasteiger partial charge in [0.2, 0.25) is 5.34 Å². The Morgan fingerprint density at radius 1 is 1.14 bits per heavy atom. The molecule has 1 aliphatic carbocycles. The summed E-state index contributed by atoms with van der Waals surface area (Å²) >= 11 is 0. The minimum Gasteiger partial charge on any atom is -0.391 e. The van der Waals surface area contributed by atoms with Gasteiger partial charge >= 0.3 is 7.60 Å². The van der Waals surface area contributed by atoms with Crippen LogP contribution < -0.4 is 0 Å². The summed E-state index contributed by atoms with van der Waals surface area (Å²) < 4.78 is 30.8. The molecule has 0 amide bonds. The van der Waals surface area contributed by atoms with E-state index in [0.29, 0.717) is 0 Å². The van der Waals surface area contributed by atoms with Gasteiger partial charge < -0.3 is 13.5 Å². The first-order valence-corrected chi connectivity index (χ1v) is 13.2. The highest BCUT2D eigenvalue weighted by atomic mass is 31.2.